The molecule has 2 aromatic carbocycles. The molecule has 3 nitrogen and oxygen atoms in total. The number of aliphatic hydroxyl groups is 1. The van der Waals surface area contributed by atoms with Gasteiger partial charge in [0.25, 0.3) is 0 Å². The molecule has 1 aliphatic carbocycles. The maximum atomic E-state index is 14.8. The van der Waals surface area contributed by atoms with Crippen LogP contribution >= 0.6 is 0 Å². The van der Waals surface area contributed by atoms with Gasteiger partial charge >= 0.3 is 0 Å². The van der Waals surface area contributed by atoms with Crippen LogP contribution in [0.2, 0.25) is 0 Å². The van der Waals surface area contributed by atoms with Crippen molar-refractivity contribution in [2.24, 2.45) is 17.8 Å². The first-order chi connectivity index (χ1) is 16.4. The quantitative estimate of drug-likeness (QED) is 0.440. The first-order valence-corrected chi connectivity index (χ1v) is 12.2. The SMILES string of the molecule is CCCC(O)C1CCC(C2COC(c3ccc(-c4cc(F)c(CF)c(F)c4)c(F)c3)OC2)CC1. The van der Waals surface area contributed by atoms with Crippen LogP contribution < -0.4 is 0 Å². The third-order valence-electron chi connectivity index (χ3n) is 7.39. The van der Waals surface area contributed by atoms with E-state index in [1.807, 2.05) is 0 Å². The summed E-state index contributed by atoms with van der Waals surface area (Å²) in [4.78, 5) is 0. The molecule has 0 aromatic heterocycles. The molecule has 1 aliphatic heterocycles. The van der Waals surface area contributed by atoms with E-state index in [9.17, 15) is 22.7 Å². The van der Waals surface area contributed by atoms with Crippen molar-refractivity contribution in [3.05, 3.63) is 58.9 Å². The molecule has 1 heterocycles. The van der Waals surface area contributed by atoms with Crippen molar-refractivity contribution in [1.29, 1.82) is 0 Å². The highest BCUT2D eigenvalue weighted by Crippen LogP contribution is 2.39. The van der Waals surface area contributed by atoms with E-state index in [-0.39, 0.29) is 23.1 Å². The molecule has 7 heteroatoms. The Hall–Kier alpha value is -1.96. The third kappa shape index (κ3) is 5.47. The molecule has 0 amide bonds. The number of aliphatic hydroxyl groups excluding tert-OH is 1. The lowest BCUT2D eigenvalue weighted by atomic mass is 9.74. The smallest absolute Gasteiger partial charge is 0.183 e. The standard InChI is InChI=1S/C27H32F4O3/c1-2-3-26(32)17-6-4-16(5-7-17)20-14-33-27(34-15-20)18-8-9-21(23(29)10-18)19-11-24(30)22(13-28)25(31)12-19/h8-12,16-17,20,26-27,32H,2-7,13-15H2,1H3. The van der Waals surface area contributed by atoms with Crippen molar-refractivity contribution in [3.63, 3.8) is 0 Å². The Bertz CT molecular complexity index is 943. The van der Waals surface area contributed by atoms with Gasteiger partial charge in [-0.05, 0) is 67.7 Å². The molecule has 34 heavy (non-hydrogen) atoms. The maximum absolute atomic E-state index is 14.8. The summed E-state index contributed by atoms with van der Waals surface area (Å²) < 4.78 is 67.2. The molecule has 1 unspecified atom stereocenters. The Kier molecular flexibility index (Phi) is 8.27. The number of hydrogen-bond donors (Lipinski definition) is 1. The Morgan fingerprint density at radius 3 is 2.12 bits per heavy atom. The first-order valence-electron chi connectivity index (χ1n) is 12.2. The zero-order valence-corrected chi connectivity index (χ0v) is 19.4. The van der Waals surface area contributed by atoms with E-state index in [0.717, 1.165) is 50.7 Å². The number of alkyl halides is 1. The number of halogens is 4. The summed E-state index contributed by atoms with van der Waals surface area (Å²) in [6, 6.07) is 6.16. The Balaban J connectivity index is 1.35. The lowest BCUT2D eigenvalue weighted by Crippen LogP contribution is -2.35. The van der Waals surface area contributed by atoms with Gasteiger partial charge in [-0.15, -0.1) is 0 Å². The zero-order valence-electron chi connectivity index (χ0n) is 19.4. The second-order valence-electron chi connectivity index (χ2n) is 9.58. The van der Waals surface area contributed by atoms with E-state index in [1.165, 1.54) is 12.1 Å². The molecule has 4 rings (SSSR count). The molecular weight excluding hydrogens is 448 g/mol. The largest absolute Gasteiger partial charge is 0.393 e. The average molecular weight is 481 g/mol. The number of hydrogen-bond acceptors (Lipinski definition) is 3. The molecule has 1 saturated carbocycles. The molecule has 2 aliphatic rings. The molecule has 0 radical (unpaired) electrons. The van der Waals surface area contributed by atoms with Gasteiger partial charge in [-0.3, -0.25) is 0 Å². The van der Waals surface area contributed by atoms with Crippen molar-refractivity contribution < 1.29 is 32.1 Å². The third-order valence-corrected chi connectivity index (χ3v) is 7.39. The predicted molar refractivity (Wildman–Crippen MR) is 121 cm³/mol. The van der Waals surface area contributed by atoms with Gasteiger partial charge in [0.1, 0.15) is 24.1 Å². The number of benzene rings is 2. The minimum Gasteiger partial charge on any atom is -0.393 e. The Morgan fingerprint density at radius 1 is 0.912 bits per heavy atom. The minimum absolute atomic E-state index is 0.00135. The lowest BCUT2D eigenvalue weighted by Gasteiger charge is -2.38. The van der Waals surface area contributed by atoms with E-state index in [0.29, 0.717) is 30.6 Å². The summed E-state index contributed by atoms with van der Waals surface area (Å²) in [6.45, 7) is 1.86. The molecule has 186 valence electrons. The fourth-order valence-electron chi connectivity index (χ4n) is 5.31. The summed E-state index contributed by atoms with van der Waals surface area (Å²) in [6.07, 6.45) is 5.07. The number of rotatable bonds is 7. The Labute approximate surface area is 198 Å². The van der Waals surface area contributed by atoms with Gasteiger partial charge in [0.2, 0.25) is 0 Å². The normalized spacial score (nSPS) is 26.4. The van der Waals surface area contributed by atoms with Crippen molar-refractivity contribution >= 4 is 0 Å². The van der Waals surface area contributed by atoms with Crippen LogP contribution in [0.5, 0.6) is 0 Å². The van der Waals surface area contributed by atoms with Crippen molar-refractivity contribution in [2.75, 3.05) is 13.2 Å². The molecule has 0 spiro atoms. The first kappa shape index (κ1) is 25.1. The van der Waals surface area contributed by atoms with Gasteiger partial charge in [0.05, 0.1) is 24.9 Å². The summed E-state index contributed by atoms with van der Waals surface area (Å²) >= 11 is 0. The van der Waals surface area contributed by atoms with Crippen molar-refractivity contribution in [2.45, 2.75) is 64.5 Å². The van der Waals surface area contributed by atoms with Gasteiger partial charge in [-0.1, -0.05) is 25.5 Å². The van der Waals surface area contributed by atoms with E-state index in [1.54, 1.807) is 6.07 Å². The van der Waals surface area contributed by atoms with E-state index < -0.39 is 36.0 Å². The van der Waals surface area contributed by atoms with Gasteiger partial charge in [-0.25, -0.2) is 17.6 Å². The monoisotopic (exact) mass is 480 g/mol. The van der Waals surface area contributed by atoms with Crippen LogP contribution in [0.3, 0.4) is 0 Å². The molecule has 0 bridgehead atoms. The highest BCUT2D eigenvalue weighted by atomic mass is 19.1. The zero-order chi connectivity index (χ0) is 24.2. The molecule has 2 aromatic rings. The lowest BCUT2D eigenvalue weighted by molar-refractivity contribution is -0.215. The van der Waals surface area contributed by atoms with E-state index in [4.69, 9.17) is 9.47 Å². The van der Waals surface area contributed by atoms with Crippen molar-refractivity contribution in [1.82, 2.24) is 0 Å². The van der Waals surface area contributed by atoms with Crippen LogP contribution in [-0.2, 0) is 16.1 Å². The van der Waals surface area contributed by atoms with Crippen LogP contribution in [0, 0.1) is 35.2 Å². The van der Waals surface area contributed by atoms with E-state index in [2.05, 4.69) is 6.92 Å². The molecule has 1 atom stereocenters. The summed E-state index contributed by atoms with van der Waals surface area (Å²) in [7, 11) is 0. The maximum Gasteiger partial charge on any atom is 0.183 e. The van der Waals surface area contributed by atoms with Gasteiger partial charge in [0, 0.05) is 17.0 Å². The summed E-state index contributed by atoms with van der Waals surface area (Å²) in [5.74, 6) is -1.61. The van der Waals surface area contributed by atoms with Crippen LogP contribution in [0.25, 0.3) is 11.1 Å². The minimum atomic E-state index is -1.26. The second-order valence-corrected chi connectivity index (χ2v) is 9.58. The summed E-state index contributed by atoms with van der Waals surface area (Å²) in [5.41, 5.74) is -0.151. The van der Waals surface area contributed by atoms with Crippen LogP contribution in [0.1, 0.15) is 62.9 Å². The van der Waals surface area contributed by atoms with Gasteiger partial charge in [-0.2, -0.15) is 0 Å². The van der Waals surface area contributed by atoms with E-state index >= 15 is 0 Å². The van der Waals surface area contributed by atoms with Gasteiger partial charge < -0.3 is 14.6 Å². The molecule has 1 N–H and O–H groups in total. The second kappa shape index (κ2) is 11.2. The highest BCUT2D eigenvalue weighted by molar-refractivity contribution is 5.65. The number of ether oxygens (including phenoxy) is 2. The van der Waals surface area contributed by atoms with Gasteiger partial charge in [0.15, 0.2) is 6.29 Å². The summed E-state index contributed by atoms with van der Waals surface area (Å²) in [5, 5.41) is 10.3. The highest BCUT2D eigenvalue weighted by Gasteiger charge is 2.34. The fourth-order valence-corrected chi connectivity index (χ4v) is 5.31. The van der Waals surface area contributed by atoms with Crippen LogP contribution in [0.4, 0.5) is 17.6 Å². The average Bonchev–Trinajstić information content (AvgIpc) is 2.84. The van der Waals surface area contributed by atoms with Crippen LogP contribution in [-0.4, -0.2) is 24.4 Å². The van der Waals surface area contributed by atoms with Crippen LogP contribution in [0.15, 0.2) is 30.3 Å². The predicted octanol–water partition coefficient (Wildman–Crippen LogP) is 6.87. The fraction of sp³-hybridized carbons (Fsp3) is 0.556. The van der Waals surface area contributed by atoms with Crippen molar-refractivity contribution in [3.8, 4) is 11.1 Å². The Morgan fingerprint density at radius 2 is 1.56 bits per heavy atom. The topological polar surface area (TPSA) is 38.7 Å². The molecule has 2 fully saturated rings. The molecular formula is C27H32F4O3. The molecule has 1 saturated heterocycles.